The molecule has 2 aromatic rings. The van der Waals surface area contributed by atoms with E-state index in [0.717, 1.165) is 16.6 Å². The minimum Gasteiger partial charge on any atom is -0.324 e. The van der Waals surface area contributed by atoms with Crippen molar-refractivity contribution in [2.24, 2.45) is 0 Å². The maximum Gasteiger partial charge on any atom is 0.240 e. The number of fused-ring (bicyclic) bond motifs is 1. The van der Waals surface area contributed by atoms with Crippen molar-refractivity contribution in [1.82, 2.24) is 10.2 Å². The number of H-pyrrole nitrogens is 1. The molecule has 0 aliphatic heterocycles. The molecule has 84 valence electrons. The summed E-state index contributed by atoms with van der Waals surface area (Å²) in [5.74, 6) is -0.0822. The fraction of sp³-hybridized carbons (Fsp3) is 0.273. The molecular formula is C11H12BrN3O. The van der Waals surface area contributed by atoms with Gasteiger partial charge in [-0.2, -0.15) is 5.10 Å². The molecule has 4 nitrogen and oxygen atoms in total. The average molecular weight is 282 g/mol. The lowest BCUT2D eigenvalue weighted by atomic mass is 10.1. The van der Waals surface area contributed by atoms with E-state index in [0.29, 0.717) is 0 Å². The summed E-state index contributed by atoms with van der Waals surface area (Å²) in [7, 11) is 0. The third-order valence-corrected chi connectivity index (χ3v) is 2.63. The second-order valence-corrected chi connectivity index (χ2v) is 6.05. The van der Waals surface area contributed by atoms with Crippen LogP contribution in [-0.4, -0.2) is 20.4 Å². The summed E-state index contributed by atoms with van der Waals surface area (Å²) < 4.78 is -0.584. The molecule has 1 aromatic carbocycles. The Morgan fingerprint density at radius 3 is 2.94 bits per heavy atom. The zero-order chi connectivity index (χ0) is 11.8. The third kappa shape index (κ3) is 2.09. The Bertz CT molecular complexity index is 527. The number of carbonyl (C=O) groups is 1. The predicted octanol–water partition coefficient (Wildman–Crippen LogP) is 2.67. The first-order chi connectivity index (χ1) is 7.48. The highest BCUT2D eigenvalue weighted by Gasteiger charge is 2.24. The molecule has 1 heterocycles. The number of aromatic amines is 1. The number of halogens is 1. The number of nitrogens with one attached hydrogen (secondary N) is 2. The highest BCUT2D eigenvalue weighted by Crippen LogP contribution is 2.24. The summed E-state index contributed by atoms with van der Waals surface area (Å²) in [5.41, 5.74) is 1.67. The quantitative estimate of drug-likeness (QED) is 0.832. The van der Waals surface area contributed by atoms with Crippen molar-refractivity contribution in [2.75, 3.05) is 5.32 Å². The molecule has 0 bridgehead atoms. The Balaban J connectivity index is 2.35. The number of hydrogen-bond donors (Lipinski definition) is 2. The Kier molecular flexibility index (Phi) is 2.71. The number of hydrogen-bond acceptors (Lipinski definition) is 2. The van der Waals surface area contributed by atoms with Crippen LogP contribution in [0.2, 0.25) is 0 Å². The molecule has 2 rings (SSSR count). The zero-order valence-corrected chi connectivity index (χ0v) is 10.6. The summed E-state index contributed by atoms with van der Waals surface area (Å²) >= 11 is 3.32. The topological polar surface area (TPSA) is 57.8 Å². The number of alkyl halides is 1. The van der Waals surface area contributed by atoms with Crippen molar-refractivity contribution in [3.05, 3.63) is 24.4 Å². The van der Waals surface area contributed by atoms with E-state index in [1.54, 1.807) is 20.0 Å². The van der Waals surface area contributed by atoms with Gasteiger partial charge in [-0.1, -0.05) is 22.0 Å². The molecule has 1 aromatic heterocycles. The normalized spacial score (nSPS) is 11.7. The maximum atomic E-state index is 11.8. The van der Waals surface area contributed by atoms with E-state index >= 15 is 0 Å². The summed E-state index contributed by atoms with van der Waals surface area (Å²) in [5, 5.41) is 10.6. The Hall–Kier alpha value is -1.36. The fourth-order valence-corrected chi connectivity index (χ4v) is 1.45. The van der Waals surface area contributed by atoms with Crippen molar-refractivity contribution in [2.45, 2.75) is 18.2 Å². The van der Waals surface area contributed by atoms with Gasteiger partial charge in [-0.25, -0.2) is 0 Å². The molecule has 0 aliphatic rings. The standard InChI is InChI=1S/C11H12BrN3O/c1-11(2,12)10(16)14-8-4-3-5-9-7(8)6-13-15-9/h3-6H,1-2H3,(H,13,15)(H,14,16). The van der Waals surface area contributed by atoms with Gasteiger partial charge in [0.05, 0.1) is 21.7 Å². The van der Waals surface area contributed by atoms with E-state index in [4.69, 9.17) is 0 Å². The highest BCUT2D eigenvalue weighted by molar-refractivity contribution is 9.10. The van der Waals surface area contributed by atoms with Crippen LogP contribution < -0.4 is 5.32 Å². The Morgan fingerprint density at radius 2 is 2.25 bits per heavy atom. The van der Waals surface area contributed by atoms with E-state index in [2.05, 4.69) is 31.4 Å². The molecular weight excluding hydrogens is 270 g/mol. The summed E-state index contributed by atoms with van der Waals surface area (Å²) in [6.45, 7) is 3.61. The third-order valence-electron chi connectivity index (χ3n) is 2.27. The summed E-state index contributed by atoms with van der Waals surface area (Å²) in [4.78, 5) is 11.8. The molecule has 0 saturated carbocycles. The number of benzene rings is 1. The smallest absolute Gasteiger partial charge is 0.240 e. The molecule has 16 heavy (non-hydrogen) atoms. The van der Waals surface area contributed by atoms with Crippen molar-refractivity contribution < 1.29 is 4.79 Å². The van der Waals surface area contributed by atoms with E-state index in [1.807, 2.05) is 18.2 Å². The zero-order valence-electron chi connectivity index (χ0n) is 9.04. The molecule has 0 unspecified atom stereocenters. The van der Waals surface area contributed by atoms with Gasteiger partial charge in [0.1, 0.15) is 0 Å². The molecule has 5 heteroatoms. The van der Waals surface area contributed by atoms with E-state index in [-0.39, 0.29) is 5.91 Å². The first-order valence-electron chi connectivity index (χ1n) is 4.91. The lowest BCUT2D eigenvalue weighted by Crippen LogP contribution is -2.30. The minimum absolute atomic E-state index is 0.0822. The molecule has 0 radical (unpaired) electrons. The Morgan fingerprint density at radius 1 is 1.50 bits per heavy atom. The first-order valence-corrected chi connectivity index (χ1v) is 5.70. The van der Waals surface area contributed by atoms with Crippen LogP contribution in [0.15, 0.2) is 24.4 Å². The summed E-state index contributed by atoms with van der Waals surface area (Å²) in [6, 6.07) is 5.64. The second-order valence-electron chi connectivity index (χ2n) is 4.06. The van der Waals surface area contributed by atoms with Crippen LogP contribution in [0.4, 0.5) is 5.69 Å². The molecule has 0 saturated heterocycles. The van der Waals surface area contributed by atoms with E-state index in [1.165, 1.54) is 0 Å². The van der Waals surface area contributed by atoms with Crippen molar-refractivity contribution in [3.8, 4) is 0 Å². The van der Waals surface area contributed by atoms with Crippen LogP contribution in [0.3, 0.4) is 0 Å². The molecule has 1 amide bonds. The number of anilines is 1. The van der Waals surface area contributed by atoms with Crippen LogP contribution in [0.25, 0.3) is 10.9 Å². The van der Waals surface area contributed by atoms with Crippen LogP contribution in [0.1, 0.15) is 13.8 Å². The van der Waals surface area contributed by atoms with E-state index in [9.17, 15) is 4.79 Å². The lowest BCUT2D eigenvalue weighted by molar-refractivity contribution is -0.117. The van der Waals surface area contributed by atoms with Gasteiger partial charge in [0, 0.05) is 5.39 Å². The minimum atomic E-state index is -0.584. The predicted molar refractivity (Wildman–Crippen MR) is 67.7 cm³/mol. The number of rotatable bonds is 2. The molecule has 2 N–H and O–H groups in total. The molecule has 0 atom stereocenters. The number of amides is 1. The van der Waals surface area contributed by atoms with Gasteiger partial charge in [0.25, 0.3) is 0 Å². The van der Waals surface area contributed by atoms with Gasteiger partial charge in [0.15, 0.2) is 0 Å². The highest BCUT2D eigenvalue weighted by atomic mass is 79.9. The van der Waals surface area contributed by atoms with Gasteiger partial charge in [0.2, 0.25) is 5.91 Å². The van der Waals surface area contributed by atoms with Gasteiger partial charge >= 0.3 is 0 Å². The van der Waals surface area contributed by atoms with Gasteiger partial charge in [-0.3, -0.25) is 9.89 Å². The Labute approximate surface area is 102 Å². The van der Waals surface area contributed by atoms with Crippen LogP contribution in [-0.2, 0) is 4.79 Å². The van der Waals surface area contributed by atoms with Gasteiger partial charge in [-0.05, 0) is 26.0 Å². The van der Waals surface area contributed by atoms with Crippen molar-refractivity contribution in [3.63, 3.8) is 0 Å². The first kappa shape index (κ1) is 11.1. The van der Waals surface area contributed by atoms with Gasteiger partial charge < -0.3 is 5.32 Å². The van der Waals surface area contributed by atoms with Crippen molar-refractivity contribution in [1.29, 1.82) is 0 Å². The van der Waals surface area contributed by atoms with Crippen LogP contribution in [0, 0.1) is 0 Å². The molecule has 0 fully saturated rings. The number of aromatic nitrogens is 2. The largest absolute Gasteiger partial charge is 0.324 e. The summed E-state index contributed by atoms with van der Waals surface area (Å²) in [6.07, 6.45) is 1.70. The second kappa shape index (κ2) is 3.90. The number of nitrogens with zero attached hydrogens (tertiary/aromatic N) is 1. The van der Waals surface area contributed by atoms with Crippen LogP contribution >= 0.6 is 15.9 Å². The molecule has 0 spiro atoms. The van der Waals surface area contributed by atoms with E-state index < -0.39 is 4.32 Å². The fourth-order valence-electron chi connectivity index (χ4n) is 1.35. The van der Waals surface area contributed by atoms with Gasteiger partial charge in [-0.15, -0.1) is 0 Å². The lowest BCUT2D eigenvalue weighted by Gasteiger charge is -2.16. The van der Waals surface area contributed by atoms with Crippen molar-refractivity contribution >= 4 is 38.4 Å². The SMILES string of the molecule is CC(C)(Br)C(=O)Nc1cccc2[nH]ncc12. The number of carbonyl (C=O) groups excluding carboxylic acids is 1. The maximum absolute atomic E-state index is 11.8. The average Bonchev–Trinajstić information content (AvgIpc) is 2.65. The molecule has 0 aliphatic carbocycles. The monoisotopic (exact) mass is 281 g/mol. The van der Waals surface area contributed by atoms with Crippen LogP contribution in [0.5, 0.6) is 0 Å².